The van der Waals surface area contributed by atoms with Crippen molar-refractivity contribution in [3.8, 4) is 0 Å². The Hall–Kier alpha value is -1.07. The summed E-state index contributed by atoms with van der Waals surface area (Å²) in [7, 11) is 2.15. The van der Waals surface area contributed by atoms with Gasteiger partial charge in [0.25, 0.3) is 0 Å². The van der Waals surface area contributed by atoms with Crippen molar-refractivity contribution in [2.45, 2.75) is 19.9 Å². The molecule has 0 saturated carbocycles. The second-order valence-corrected chi connectivity index (χ2v) is 5.08. The lowest BCUT2D eigenvalue weighted by atomic mass is 10.2. The molecule has 1 unspecified atom stereocenters. The molecule has 1 atom stereocenters. The van der Waals surface area contributed by atoms with E-state index < -0.39 is 0 Å². The number of piperazine rings is 1. The van der Waals surface area contributed by atoms with Crippen LogP contribution in [0.25, 0.3) is 0 Å². The summed E-state index contributed by atoms with van der Waals surface area (Å²) in [6.45, 7) is 7.96. The van der Waals surface area contributed by atoms with Gasteiger partial charge in [0.1, 0.15) is 5.02 Å². The first-order chi connectivity index (χ1) is 8.61. The van der Waals surface area contributed by atoms with E-state index in [1.807, 2.05) is 6.92 Å². The van der Waals surface area contributed by atoms with Crippen LogP contribution in [0.4, 0.5) is 11.8 Å². The molecule has 18 heavy (non-hydrogen) atoms. The van der Waals surface area contributed by atoms with Gasteiger partial charge in [-0.25, -0.2) is 4.98 Å². The third-order valence-electron chi connectivity index (χ3n) is 3.32. The third-order valence-corrected chi connectivity index (χ3v) is 3.59. The van der Waals surface area contributed by atoms with Crippen LogP contribution >= 0.6 is 11.6 Å². The number of anilines is 2. The molecule has 1 aromatic rings. The van der Waals surface area contributed by atoms with Crippen molar-refractivity contribution >= 4 is 23.4 Å². The highest BCUT2D eigenvalue weighted by atomic mass is 35.5. The fraction of sp³-hybridized carbons (Fsp3) is 0.667. The molecule has 1 aliphatic heterocycles. The van der Waals surface area contributed by atoms with Crippen LogP contribution in [-0.2, 0) is 0 Å². The summed E-state index contributed by atoms with van der Waals surface area (Å²) in [4.78, 5) is 13.2. The minimum absolute atomic E-state index is 0.507. The van der Waals surface area contributed by atoms with Crippen molar-refractivity contribution in [2.24, 2.45) is 0 Å². The van der Waals surface area contributed by atoms with E-state index in [9.17, 15) is 0 Å². The molecule has 6 heteroatoms. The van der Waals surface area contributed by atoms with Gasteiger partial charge >= 0.3 is 0 Å². The van der Waals surface area contributed by atoms with Crippen molar-refractivity contribution in [1.82, 2.24) is 14.9 Å². The van der Waals surface area contributed by atoms with Gasteiger partial charge in [-0.3, -0.25) is 0 Å². The average molecular weight is 270 g/mol. The number of likely N-dealkylation sites (N-methyl/N-ethyl adjacent to an activating group) is 1. The lowest BCUT2D eigenvalue weighted by molar-refractivity contribution is 0.233. The number of halogens is 1. The normalized spacial score (nSPS) is 21.1. The molecule has 1 fully saturated rings. The number of hydrogen-bond acceptors (Lipinski definition) is 5. The standard InChI is InChI=1S/C12H20ClN5/c1-4-14-12-15-7-10(13)11(16-12)18-6-5-17(3)9(2)8-18/h7,9H,4-6,8H2,1-3H3,(H,14,15,16). The Morgan fingerprint density at radius 2 is 2.28 bits per heavy atom. The lowest BCUT2D eigenvalue weighted by Crippen LogP contribution is -2.50. The number of nitrogens with one attached hydrogen (secondary N) is 1. The van der Waals surface area contributed by atoms with Crippen LogP contribution in [-0.4, -0.2) is 54.1 Å². The van der Waals surface area contributed by atoms with Crippen LogP contribution in [0.15, 0.2) is 6.20 Å². The topological polar surface area (TPSA) is 44.3 Å². The molecule has 0 aromatic carbocycles. The fourth-order valence-corrected chi connectivity index (χ4v) is 2.27. The van der Waals surface area contributed by atoms with Crippen molar-refractivity contribution in [1.29, 1.82) is 0 Å². The highest BCUT2D eigenvalue weighted by Crippen LogP contribution is 2.25. The van der Waals surface area contributed by atoms with Crippen molar-refractivity contribution in [3.63, 3.8) is 0 Å². The molecule has 0 bridgehead atoms. The van der Waals surface area contributed by atoms with E-state index in [0.29, 0.717) is 17.0 Å². The Morgan fingerprint density at radius 3 is 2.94 bits per heavy atom. The van der Waals surface area contributed by atoms with Gasteiger partial charge in [0, 0.05) is 32.2 Å². The van der Waals surface area contributed by atoms with Crippen molar-refractivity contribution < 1.29 is 0 Å². The molecule has 0 radical (unpaired) electrons. The quantitative estimate of drug-likeness (QED) is 0.905. The van der Waals surface area contributed by atoms with Gasteiger partial charge in [-0.2, -0.15) is 4.98 Å². The maximum absolute atomic E-state index is 6.21. The van der Waals surface area contributed by atoms with Crippen LogP contribution in [0.3, 0.4) is 0 Å². The summed E-state index contributed by atoms with van der Waals surface area (Å²) in [5, 5.41) is 3.74. The van der Waals surface area contributed by atoms with Crippen LogP contribution in [0.5, 0.6) is 0 Å². The highest BCUT2D eigenvalue weighted by Gasteiger charge is 2.23. The summed E-state index contributed by atoms with van der Waals surface area (Å²) in [6.07, 6.45) is 1.67. The molecular weight excluding hydrogens is 250 g/mol. The number of aromatic nitrogens is 2. The molecule has 2 rings (SSSR count). The largest absolute Gasteiger partial charge is 0.354 e. The van der Waals surface area contributed by atoms with E-state index in [4.69, 9.17) is 11.6 Å². The molecule has 1 N–H and O–H groups in total. The Labute approximate surface area is 113 Å². The summed E-state index contributed by atoms with van der Waals surface area (Å²) >= 11 is 6.21. The molecule has 100 valence electrons. The second-order valence-electron chi connectivity index (χ2n) is 4.67. The van der Waals surface area contributed by atoms with Gasteiger partial charge < -0.3 is 15.1 Å². The molecule has 2 heterocycles. The Kier molecular flexibility index (Phi) is 4.24. The van der Waals surface area contributed by atoms with Crippen molar-refractivity contribution in [2.75, 3.05) is 43.4 Å². The predicted octanol–water partition coefficient (Wildman–Crippen LogP) is 1.70. The highest BCUT2D eigenvalue weighted by molar-refractivity contribution is 6.32. The SMILES string of the molecule is CCNc1ncc(Cl)c(N2CCN(C)C(C)C2)n1. The first-order valence-electron chi connectivity index (χ1n) is 6.33. The number of rotatable bonds is 3. The van der Waals surface area contributed by atoms with Gasteiger partial charge in [-0.1, -0.05) is 11.6 Å². The maximum Gasteiger partial charge on any atom is 0.224 e. The van der Waals surface area contributed by atoms with E-state index in [-0.39, 0.29) is 0 Å². The van der Waals surface area contributed by atoms with Gasteiger partial charge in [0.15, 0.2) is 5.82 Å². The smallest absolute Gasteiger partial charge is 0.224 e. The molecule has 1 aliphatic rings. The Balaban J connectivity index is 2.19. The monoisotopic (exact) mass is 269 g/mol. The zero-order valence-electron chi connectivity index (χ0n) is 11.1. The average Bonchev–Trinajstić information content (AvgIpc) is 2.35. The van der Waals surface area contributed by atoms with Gasteiger partial charge in [-0.15, -0.1) is 0 Å². The molecule has 5 nitrogen and oxygen atoms in total. The first-order valence-corrected chi connectivity index (χ1v) is 6.71. The minimum atomic E-state index is 0.507. The molecule has 0 amide bonds. The van der Waals surface area contributed by atoms with Crippen molar-refractivity contribution in [3.05, 3.63) is 11.2 Å². The zero-order chi connectivity index (χ0) is 13.1. The van der Waals surface area contributed by atoms with E-state index in [1.165, 1.54) is 0 Å². The third kappa shape index (κ3) is 2.84. The van der Waals surface area contributed by atoms with E-state index in [2.05, 4.69) is 39.1 Å². The van der Waals surface area contributed by atoms with Gasteiger partial charge in [0.2, 0.25) is 5.95 Å². The zero-order valence-corrected chi connectivity index (χ0v) is 11.9. The number of nitrogens with zero attached hydrogens (tertiary/aromatic N) is 4. The lowest BCUT2D eigenvalue weighted by Gasteiger charge is -2.38. The second kappa shape index (κ2) is 5.71. The van der Waals surface area contributed by atoms with Crippen LogP contribution in [0.1, 0.15) is 13.8 Å². The Bertz CT molecular complexity index is 411. The molecular formula is C12H20ClN5. The number of hydrogen-bond donors (Lipinski definition) is 1. The Morgan fingerprint density at radius 1 is 1.50 bits per heavy atom. The summed E-state index contributed by atoms with van der Waals surface area (Å²) in [5.41, 5.74) is 0. The van der Waals surface area contributed by atoms with Crippen LogP contribution < -0.4 is 10.2 Å². The first kappa shape index (κ1) is 13.4. The van der Waals surface area contributed by atoms with Gasteiger partial charge in [-0.05, 0) is 20.9 Å². The molecule has 1 aromatic heterocycles. The maximum atomic E-state index is 6.21. The van der Waals surface area contributed by atoms with E-state index in [0.717, 1.165) is 32.0 Å². The summed E-state index contributed by atoms with van der Waals surface area (Å²) < 4.78 is 0. The van der Waals surface area contributed by atoms with E-state index in [1.54, 1.807) is 6.20 Å². The molecule has 0 spiro atoms. The molecule has 1 saturated heterocycles. The van der Waals surface area contributed by atoms with Crippen LogP contribution in [0.2, 0.25) is 5.02 Å². The van der Waals surface area contributed by atoms with Crippen LogP contribution in [0, 0.1) is 0 Å². The minimum Gasteiger partial charge on any atom is -0.354 e. The van der Waals surface area contributed by atoms with E-state index >= 15 is 0 Å². The predicted molar refractivity (Wildman–Crippen MR) is 75.5 cm³/mol. The summed E-state index contributed by atoms with van der Waals surface area (Å²) in [6, 6.07) is 0.507. The van der Waals surface area contributed by atoms with Gasteiger partial charge in [0.05, 0.1) is 6.20 Å². The fourth-order valence-electron chi connectivity index (χ4n) is 2.06. The summed E-state index contributed by atoms with van der Waals surface area (Å²) in [5.74, 6) is 1.48. The molecule has 0 aliphatic carbocycles.